The Hall–Kier alpha value is -2.47. The molecular weight excluding hydrogens is 270 g/mol. The molecule has 5 nitrogen and oxygen atoms in total. The molecule has 20 heavy (non-hydrogen) atoms. The van der Waals surface area contributed by atoms with Gasteiger partial charge >= 0.3 is 0 Å². The van der Waals surface area contributed by atoms with E-state index in [9.17, 15) is 0 Å². The van der Waals surface area contributed by atoms with Crippen LogP contribution in [0, 0.1) is 0 Å². The molecule has 0 bridgehead atoms. The number of aryl methyl sites for hydroxylation is 1. The number of thiophene rings is 1. The first kappa shape index (κ1) is 11.4. The van der Waals surface area contributed by atoms with E-state index >= 15 is 0 Å². The number of aromatic amines is 1. The molecule has 3 heterocycles. The average Bonchev–Trinajstić information content (AvgIpc) is 3.17. The lowest BCUT2D eigenvalue weighted by atomic mass is 10.2. The molecule has 0 amide bonds. The third-order valence-corrected chi connectivity index (χ3v) is 4.09. The van der Waals surface area contributed by atoms with Crippen molar-refractivity contribution in [3.63, 3.8) is 0 Å². The summed E-state index contributed by atoms with van der Waals surface area (Å²) in [7, 11) is 1.93. The monoisotopic (exact) mass is 281 g/mol. The van der Waals surface area contributed by atoms with Crippen LogP contribution in [0.15, 0.2) is 41.8 Å². The van der Waals surface area contributed by atoms with E-state index in [0.717, 1.165) is 27.3 Å². The average molecular weight is 281 g/mol. The minimum absolute atomic E-state index is 0.630. The van der Waals surface area contributed by atoms with E-state index in [1.54, 1.807) is 11.3 Å². The Kier molecular flexibility index (Phi) is 2.43. The summed E-state index contributed by atoms with van der Waals surface area (Å²) >= 11 is 1.63. The molecule has 0 aliphatic heterocycles. The number of H-pyrrole nitrogens is 1. The Morgan fingerprint density at radius 2 is 2.05 bits per heavy atom. The van der Waals surface area contributed by atoms with Crippen molar-refractivity contribution >= 4 is 22.2 Å². The van der Waals surface area contributed by atoms with Crippen LogP contribution >= 0.6 is 11.3 Å². The maximum atomic E-state index is 4.55. The van der Waals surface area contributed by atoms with Gasteiger partial charge in [-0.05, 0) is 17.5 Å². The molecule has 0 atom stereocenters. The normalized spacial score (nSPS) is 11.2. The number of nitrogens with zero attached hydrogens (tertiary/aromatic N) is 4. The summed E-state index contributed by atoms with van der Waals surface area (Å²) < 4.78 is 1.85. The van der Waals surface area contributed by atoms with Crippen molar-refractivity contribution < 1.29 is 0 Å². The predicted octanol–water partition coefficient (Wildman–Crippen LogP) is 3.09. The summed E-state index contributed by atoms with van der Waals surface area (Å²) in [5, 5.41) is 14.9. The Morgan fingerprint density at radius 3 is 2.90 bits per heavy atom. The lowest BCUT2D eigenvalue weighted by Gasteiger charge is -1.90. The van der Waals surface area contributed by atoms with Gasteiger partial charge in [0, 0.05) is 12.4 Å². The van der Waals surface area contributed by atoms with Gasteiger partial charge in [0.1, 0.15) is 5.69 Å². The van der Waals surface area contributed by atoms with Gasteiger partial charge in [-0.3, -0.25) is 9.78 Å². The largest absolute Gasteiger partial charge is 0.267 e. The fourth-order valence-electron chi connectivity index (χ4n) is 2.27. The molecule has 98 valence electrons. The summed E-state index contributed by atoms with van der Waals surface area (Å²) in [6.45, 7) is 0. The van der Waals surface area contributed by atoms with Crippen molar-refractivity contribution in [3.05, 3.63) is 41.8 Å². The fraction of sp³-hybridized carbons (Fsp3) is 0.0714. The topological polar surface area (TPSA) is 59.4 Å². The Labute approximate surface area is 118 Å². The predicted molar refractivity (Wildman–Crippen MR) is 79.4 cm³/mol. The van der Waals surface area contributed by atoms with Crippen LogP contribution in [0.25, 0.3) is 33.1 Å². The zero-order valence-electron chi connectivity index (χ0n) is 10.7. The van der Waals surface area contributed by atoms with E-state index in [1.807, 2.05) is 53.5 Å². The van der Waals surface area contributed by atoms with E-state index in [4.69, 9.17) is 0 Å². The van der Waals surface area contributed by atoms with Crippen LogP contribution < -0.4 is 0 Å². The smallest absolute Gasteiger partial charge is 0.202 e. The van der Waals surface area contributed by atoms with Gasteiger partial charge in [0.25, 0.3) is 0 Å². The van der Waals surface area contributed by atoms with E-state index in [1.165, 1.54) is 0 Å². The first-order chi connectivity index (χ1) is 9.83. The van der Waals surface area contributed by atoms with Crippen molar-refractivity contribution in [2.75, 3.05) is 0 Å². The maximum Gasteiger partial charge on any atom is 0.202 e. The van der Waals surface area contributed by atoms with Crippen LogP contribution in [-0.4, -0.2) is 25.0 Å². The van der Waals surface area contributed by atoms with Crippen molar-refractivity contribution in [2.24, 2.45) is 7.05 Å². The number of rotatable bonds is 2. The summed E-state index contributed by atoms with van der Waals surface area (Å²) in [5.41, 5.74) is 1.88. The van der Waals surface area contributed by atoms with Crippen LogP contribution in [0.4, 0.5) is 0 Å². The summed E-state index contributed by atoms with van der Waals surface area (Å²) in [4.78, 5) is 5.63. The number of hydrogen-bond acceptors (Lipinski definition) is 4. The Morgan fingerprint density at radius 1 is 1.15 bits per heavy atom. The van der Waals surface area contributed by atoms with Crippen LogP contribution in [0.5, 0.6) is 0 Å². The zero-order valence-corrected chi connectivity index (χ0v) is 11.6. The van der Waals surface area contributed by atoms with E-state index in [2.05, 4.69) is 20.3 Å². The maximum absolute atomic E-state index is 4.55. The lowest BCUT2D eigenvalue weighted by Crippen LogP contribution is -1.90. The molecule has 1 N–H and O–H groups in total. The molecule has 4 rings (SSSR count). The van der Waals surface area contributed by atoms with Crippen LogP contribution in [0.3, 0.4) is 0 Å². The second-order valence-corrected chi connectivity index (χ2v) is 5.42. The molecule has 0 aliphatic rings. The standard InChI is InChI=1S/C14H11N5S/c1-19-10-6-3-2-5-9(10)12(18-19)14-15-13(16-17-14)11-7-4-8-20-11/h2-8H,1H3,(H,15,16,17). The molecular formula is C14H11N5S. The second-order valence-electron chi connectivity index (χ2n) is 4.47. The fourth-order valence-corrected chi connectivity index (χ4v) is 2.93. The van der Waals surface area contributed by atoms with Gasteiger partial charge in [-0.25, -0.2) is 4.98 Å². The van der Waals surface area contributed by atoms with Crippen LogP contribution in [0.2, 0.25) is 0 Å². The highest BCUT2D eigenvalue weighted by Gasteiger charge is 2.15. The van der Waals surface area contributed by atoms with Gasteiger partial charge < -0.3 is 0 Å². The molecule has 0 aliphatic carbocycles. The molecule has 6 heteroatoms. The van der Waals surface area contributed by atoms with Gasteiger partial charge in [0.15, 0.2) is 5.82 Å². The van der Waals surface area contributed by atoms with Crippen molar-refractivity contribution in [1.82, 2.24) is 25.0 Å². The van der Waals surface area contributed by atoms with Gasteiger partial charge in [-0.1, -0.05) is 24.3 Å². The minimum Gasteiger partial charge on any atom is -0.267 e. The molecule has 0 saturated carbocycles. The number of benzene rings is 1. The second kappa shape index (κ2) is 4.28. The number of para-hydroxylation sites is 1. The van der Waals surface area contributed by atoms with Crippen molar-refractivity contribution in [2.45, 2.75) is 0 Å². The summed E-state index contributed by atoms with van der Waals surface area (Å²) in [6.07, 6.45) is 0. The summed E-state index contributed by atoms with van der Waals surface area (Å²) in [6, 6.07) is 12.1. The van der Waals surface area contributed by atoms with Gasteiger partial charge in [-0.2, -0.15) is 10.2 Å². The highest BCUT2D eigenvalue weighted by molar-refractivity contribution is 7.13. The number of fused-ring (bicyclic) bond motifs is 1. The molecule has 0 spiro atoms. The van der Waals surface area contributed by atoms with Gasteiger partial charge in [0.05, 0.1) is 10.4 Å². The van der Waals surface area contributed by atoms with Crippen molar-refractivity contribution in [3.8, 4) is 22.2 Å². The number of hydrogen-bond donors (Lipinski definition) is 1. The van der Waals surface area contributed by atoms with E-state index in [-0.39, 0.29) is 0 Å². The lowest BCUT2D eigenvalue weighted by molar-refractivity contribution is 0.798. The molecule has 0 saturated heterocycles. The molecule has 0 unspecified atom stereocenters. The first-order valence-corrected chi connectivity index (χ1v) is 7.09. The number of aromatic nitrogens is 5. The minimum atomic E-state index is 0.630. The quantitative estimate of drug-likeness (QED) is 0.614. The highest BCUT2D eigenvalue weighted by atomic mass is 32.1. The first-order valence-electron chi connectivity index (χ1n) is 6.21. The molecule has 1 aromatic carbocycles. The highest BCUT2D eigenvalue weighted by Crippen LogP contribution is 2.27. The SMILES string of the molecule is Cn1nc(-c2n[nH]c(-c3cccs3)n2)c2ccccc21. The molecule has 4 aromatic rings. The van der Waals surface area contributed by atoms with Crippen LogP contribution in [0.1, 0.15) is 0 Å². The third-order valence-electron chi connectivity index (χ3n) is 3.21. The Balaban J connectivity index is 1.88. The van der Waals surface area contributed by atoms with Crippen molar-refractivity contribution in [1.29, 1.82) is 0 Å². The zero-order chi connectivity index (χ0) is 13.5. The molecule has 3 aromatic heterocycles. The summed E-state index contributed by atoms with van der Waals surface area (Å²) in [5.74, 6) is 1.41. The van der Waals surface area contributed by atoms with Gasteiger partial charge in [0.2, 0.25) is 5.82 Å². The molecule has 0 radical (unpaired) electrons. The number of nitrogens with one attached hydrogen (secondary N) is 1. The third kappa shape index (κ3) is 1.65. The Bertz CT molecular complexity index is 872. The van der Waals surface area contributed by atoms with E-state index in [0.29, 0.717) is 5.82 Å². The van der Waals surface area contributed by atoms with Crippen LogP contribution in [-0.2, 0) is 7.05 Å². The van der Waals surface area contributed by atoms with E-state index < -0.39 is 0 Å². The van der Waals surface area contributed by atoms with Gasteiger partial charge in [-0.15, -0.1) is 11.3 Å². The molecule has 0 fully saturated rings.